The number of benzene rings is 2. The fourth-order valence-electron chi connectivity index (χ4n) is 3.53. The summed E-state index contributed by atoms with van der Waals surface area (Å²) in [7, 11) is 0. The highest BCUT2D eigenvalue weighted by Gasteiger charge is 2.35. The van der Waals surface area contributed by atoms with Crippen LogP contribution in [-0.4, -0.2) is 24.2 Å². The number of ether oxygens (including phenoxy) is 1. The zero-order valence-electron chi connectivity index (χ0n) is 17.7. The van der Waals surface area contributed by atoms with Gasteiger partial charge in [0.05, 0.1) is 18.0 Å². The Morgan fingerprint density at radius 2 is 1.87 bits per heavy atom. The summed E-state index contributed by atoms with van der Waals surface area (Å²) in [4.78, 5) is 26.6. The molecule has 3 rings (SSSR count). The number of hydrogen-bond acceptors (Lipinski definition) is 4. The van der Waals surface area contributed by atoms with Crippen LogP contribution in [-0.2, 0) is 9.59 Å². The largest absolute Gasteiger partial charge is 0.492 e. The van der Waals surface area contributed by atoms with Crippen molar-refractivity contribution in [1.82, 2.24) is 0 Å². The number of amides is 2. The molecule has 1 saturated heterocycles. The molecule has 2 aromatic rings. The average Bonchev–Trinajstić information content (AvgIpc) is 3.14. The summed E-state index contributed by atoms with van der Waals surface area (Å²) in [6.07, 6.45) is 4.90. The van der Waals surface area contributed by atoms with Crippen LogP contribution in [0.2, 0.25) is 0 Å². The number of nitrogens with zero attached hydrogens (tertiary/aromatic N) is 1. The summed E-state index contributed by atoms with van der Waals surface area (Å²) >= 11 is 1.60. The van der Waals surface area contributed by atoms with E-state index in [-0.39, 0.29) is 17.2 Å². The third kappa shape index (κ3) is 5.57. The first kappa shape index (κ1) is 22.2. The van der Waals surface area contributed by atoms with E-state index in [2.05, 4.69) is 12.2 Å². The van der Waals surface area contributed by atoms with Gasteiger partial charge >= 0.3 is 0 Å². The highest BCUT2D eigenvalue weighted by Crippen LogP contribution is 2.44. The smallest absolute Gasteiger partial charge is 0.238 e. The normalized spacial score (nSPS) is 16.0. The Kier molecular flexibility index (Phi) is 8.20. The fourth-order valence-corrected chi connectivity index (χ4v) is 4.70. The molecule has 0 radical (unpaired) electrons. The van der Waals surface area contributed by atoms with Gasteiger partial charge in [0.15, 0.2) is 0 Å². The molecule has 0 aromatic heterocycles. The van der Waals surface area contributed by atoms with Crippen molar-refractivity contribution in [2.24, 2.45) is 0 Å². The van der Waals surface area contributed by atoms with E-state index in [0.29, 0.717) is 24.5 Å². The van der Waals surface area contributed by atoms with E-state index >= 15 is 0 Å². The highest BCUT2D eigenvalue weighted by atomic mass is 32.2. The Labute approximate surface area is 183 Å². The summed E-state index contributed by atoms with van der Waals surface area (Å²) in [5.41, 5.74) is 2.61. The number of hydrogen-bond donors (Lipinski definition) is 1. The van der Waals surface area contributed by atoms with Crippen LogP contribution in [0.25, 0.3) is 0 Å². The van der Waals surface area contributed by atoms with Crippen LogP contribution in [0.15, 0.2) is 48.5 Å². The zero-order valence-corrected chi connectivity index (χ0v) is 18.5. The van der Waals surface area contributed by atoms with Crippen molar-refractivity contribution < 1.29 is 14.3 Å². The van der Waals surface area contributed by atoms with Crippen molar-refractivity contribution in [3.05, 3.63) is 54.1 Å². The second kappa shape index (κ2) is 11.1. The molecule has 1 aliphatic heterocycles. The summed E-state index contributed by atoms with van der Waals surface area (Å²) in [6, 6.07) is 15.4. The maximum absolute atomic E-state index is 12.7. The van der Waals surface area contributed by atoms with E-state index in [1.807, 2.05) is 60.4 Å². The Balaban J connectivity index is 1.69. The third-order valence-electron chi connectivity index (χ3n) is 5.03. The molecule has 0 spiro atoms. The molecule has 1 N–H and O–H groups in total. The lowest BCUT2D eigenvalue weighted by molar-refractivity contribution is -0.116. The summed E-state index contributed by atoms with van der Waals surface area (Å²) in [5.74, 6) is 1.27. The van der Waals surface area contributed by atoms with Gasteiger partial charge in [0.2, 0.25) is 11.8 Å². The lowest BCUT2D eigenvalue weighted by atomic mass is 10.1. The van der Waals surface area contributed by atoms with Gasteiger partial charge in [0.1, 0.15) is 11.1 Å². The number of anilines is 2. The van der Waals surface area contributed by atoms with Crippen molar-refractivity contribution >= 4 is 35.0 Å². The zero-order chi connectivity index (χ0) is 21.3. The van der Waals surface area contributed by atoms with Crippen LogP contribution in [0.4, 0.5) is 11.4 Å². The first-order valence-corrected chi connectivity index (χ1v) is 11.7. The molecule has 0 unspecified atom stereocenters. The molecule has 1 heterocycles. The van der Waals surface area contributed by atoms with Gasteiger partial charge in [-0.2, -0.15) is 0 Å². The second-order valence-corrected chi connectivity index (χ2v) is 8.38. The molecule has 1 aliphatic rings. The molecular weight excluding hydrogens is 396 g/mol. The molecule has 2 aromatic carbocycles. The number of carbonyl (C=O) groups excluding carboxylic acids is 2. The topological polar surface area (TPSA) is 58.6 Å². The average molecular weight is 427 g/mol. The maximum Gasteiger partial charge on any atom is 0.238 e. The van der Waals surface area contributed by atoms with Crippen LogP contribution in [0.1, 0.15) is 56.9 Å². The predicted molar refractivity (Wildman–Crippen MR) is 124 cm³/mol. The van der Waals surface area contributed by atoms with E-state index in [9.17, 15) is 9.59 Å². The fraction of sp³-hybridized carbons (Fsp3) is 0.417. The van der Waals surface area contributed by atoms with Crippen LogP contribution in [0.3, 0.4) is 0 Å². The molecule has 6 heteroatoms. The van der Waals surface area contributed by atoms with Gasteiger partial charge in [0.25, 0.3) is 0 Å². The molecule has 0 aliphatic carbocycles. The van der Waals surface area contributed by atoms with Crippen molar-refractivity contribution in [3.63, 3.8) is 0 Å². The number of thioether (sulfide) groups is 1. The van der Waals surface area contributed by atoms with Gasteiger partial charge in [-0.3, -0.25) is 14.5 Å². The maximum atomic E-state index is 12.7. The second-order valence-electron chi connectivity index (χ2n) is 7.31. The lowest BCUT2D eigenvalue weighted by Gasteiger charge is -2.26. The summed E-state index contributed by atoms with van der Waals surface area (Å²) in [5, 5.41) is 2.85. The third-order valence-corrected chi connectivity index (χ3v) is 6.24. The summed E-state index contributed by atoms with van der Waals surface area (Å²) in [6.45, 7) is 4.64. The molecule has 0 saturated carbocycles. The molecule has 160 valence electrons. The molecule has 1 atom stereocenters. The Hall–Kier alpha value is -2.47. The van der Waals surface area contributed by atoms with Crippen molar-refractivity contribution in [1.29, 1.82) is 0 Å². The van der Waals surface area contributed by atoms with Crippen molar-refractivity contribution in [2.45, 2.75) is 51.3 Å². The Morgan fingerprint density at radius 1 is 1.10 bits per heavy atom. The van der Waals surface area contributed by atoms with E-state index in [4.69, 9.17) is 4.74 Å². The minimum absolute atomic E-state index is 0.0524. The van der Waals surface area contributed by atoms with E-state index in [1.54, 1.807) is 11.8 Å². The SMILES string of the molecule is CCCCCCC(=O)Nc1ccc([C@H]2SCC(=O)N2c2ccccc2OCC)cc1. The van der Waals surface area contributed by atoms with Gasteiger partial charge in [-0.15, -0.1) is 11.8 Å². The van der Waals surface area contributed by atoms with Crippen molar-refractivity contribution in [3.8, 4) is 5.75 Å². The molecule has 0 bridgehead atoms. The quantitative estimate of drug-likeness (QED) is 0.490. The number of nitrogens with one attached hydrogen (secondary N) is 1. The lowest BCUT2D eigenvalue weighted by Crippen LogP contribution is -2.28. The first-order valence-electron chi connectivity index (χ1n) is 10.7. The van der Waals surface area contributed by atoms with Gasteiger partial charge < -0.3 is 10.1 Å². The first-order chi connectivity index (χ1) is 14.6. The van der Waals surface area contributed by atoms with Crippen LogP contribution < -0.4 is 15.0 Å². The number of rotatable bonds is 10. The predicted octanol–water partition coefficient (Wildman–Crippen LogP) is 5.77. The highest BCUT2D eigenvalue weighted by molar-refractivity contribution is 8.00. The minimum Gasteiger partial charge on any atom is -0.492 e. The Morgan fingerprint density at radius 3 is 2.60 bits per heavy atom. The van der Waals surface area contributed by atoms with E-state index in [1.165, 1.54) is 6.42 Å². The molecule has 30 heavy (non-hydrogen) atoms. The standard InChI is InChI=1S/C24H30N2O3S/c1-3-5-6-7-12-22(27)25-19-15-13-18(14-16-19)24-26(23(28)17-30-24)20-10-8-9-11-21(20)29-4-2/h8-11,13-16,24H,3-7,12,17H2,1-2H3,(H,25,27)/t24-/m1/s1. The molecular formula is C24H30N2O3S. The monoisotopic (exact) mass is 426 g/mol. The number of para-hydroxylation sites is 2. The molecule has 1 fully saturated rings. The van der Waals surface area contributed by atoms with E-state index < -0.39 is 0 Å². The van der Waals surface area contributed by atoms with Crippen LogP contribution in [0, 0.1) is 0 Å². The van der Waals surface area contributed by atoms with Gasteiger partial charge in [-0.1, -0.05) is 50.5 Å². The molecule has 2 amide bonds. The van der Waals surface area contributed by atoms with E-state index in [0.717, 1.165) is 36.2 Å². The summed E-state index contributed by atoms with van der Waals surface area (Å²) < 4.78 is 5.74. The number of unbranched alkanes of at least 4 members (excludes halogenated alkanes) is 3. The van der Waals surface area contributed by atoms with Gasteiger partial charge in [0, 0.05) is 12.1 Å². The minimum atomic E-state index is -0.113. The molecule has 5 nitrogen and oxygen atoms in total. The van der Waals surface area contributed by atoms with Gasteiger partial charge in [-0.25, -0.2) is 0 Å². The van der Waals surface area contributed by atoms with Crippen LogP contribution in [0.5, 0.6) is 5.75 Å². The van der Waals surface area contributed by atoms with Crippen LogP contribution >= 0.6 is 11.8 Å². The van der Waals surface area contributed by atoms with Gasteiger partial charge in [-0.05, 0) is 43.2 Å². The Bertz CT molecular complexity index is 854. The number of carbonyl (C=O) groups is 2. The van der Waals surface area contributed by atoms with Crippen molar-refractivity contribution in [2.75, 3.05) is 22.6 Å².